The van der Waals surface area contributed by atoms with E-state index in [9.17, 15) is 4.79 Å². The number of carbonyl (C=O) groups is 1. The summed E-state index contributed by atoms with van der Waals surface area (Å²) in [4.78, 5) is 12.3. The lowest BCUT2D eigenvalue weighted by atomic mass is 10.1. The fraction of sp³-hybridized carbons (Fsp3) is 0.423. The van der Waals surface area contributed by atoms with E-state index in [4.69, 9.17) is 14.2 Å². The van der Waals surface area contributed by atoms with Gasteiger partial charge in [-0.05, 0) is 73.7 Å². The van der Waals surface area contributed by atoms with Crippen LogP contribution in [-0.2, 0) is 0 Å². The molecule has 2 aromatic rings. The molecule has 4 heteroatoms. The van der Waals surface area contributed by atoms with Gasteiger partial charge >= 0.3 is 5.97 Å². The van der Waals surface area contributed by atoms with Crippen molar-refractivity contribution in [2.75, 3.05) is 13.2 Å². The Hall–Kier alpha value is -2.75. The van der Waals surface area contributed by atoms with E-state index in [2.05, 4.69) is 20.4 Å². The molecule has 0 aliphatic heterocycles. The zero-order valence-corrected chi connectivity index (χ0v) is 18.3. The first kappa shape index (κ1) is 23.5. The molecule has 162 valence electrons. The van der Waals surface area contributed by atoms with Gasteiger partial charge in [0.05, 0.1) is 18.8 Å². The Morgan fingerprint density at radius 2 is 1.50 bits per heavy atom. The summed E-state index contributed by atoms with van der Waals surface area (Å²) in [7, 11) is 0. The summed E-state index contributed by atoms with van der Waals surface area (Å²) in [5.41, 5.74) is 0.489. The predicted molar refractivity (Wildman–Crippen MR) is 122 cm³/mol. The predicted octanol–water partition coefficient (Wildman–Crippen LogP) is 6.85. The van der Waals surface area contributed by atoms with E-state index < -0.39 is 5.97 Å². The van der Waals surface area contributed by atoms with Gasteiger partial charge in [-0.3, -0.25) is 0 Å². The fourth-order valence-corrected chi connectivity index (χ4v) is 2.75. The molecule has 0 spiro atoms. The van der Waals surface area contributed by atoms with Crippen molar-refractivity contribution in [3.05, 3.63) is 66.7 Å². The molecule has 0 saturated heterocycles. The van der Waals surface area contributed by atoms with E-state index in [-0.39, 0.29) is 0 Å². The molecule has 1 atom stereocenters. The Morgan fingerprint density at radius 1 is 0.900 bits per heavy atom. The van der Waals surface area contributed by atoms with Crippen LogP contribution in [0.4, 0.5) is 0 Å². The quantitative estimate of drug-likeness (QED) is 0.148. The molecule has 0 fully saturated rings. The normalized spacial score (nSPS) is 11.5. The lowest BCUT2D eigenvalue weighted by Gasteiger charge is -2.11. The molecule has 1 unspecified atom stereocenters. The van der Waals surface area contributed by atoms with Crippen LogP contribution in [0.3, 0.4) is 0 Å². The zero-order chi connectivity index (χ0) is 21.6. The number of hydrogen-bond donors (Lipinski definition) is 0. The van der Waals surface area contributed by atoms with Crippen molar-refractivity contribution in [2.24, 2.45) is 5.92 Å². The van der Waals surface area contributed by atoms with Crippen LogP contribution in [-0.4, -0.2) is 19.2 Å². The number of unbranched alkanes of at least 4 members (excludes halogenated alkanes) is 4. The van der Waals surface area contributed by atoms with Crippen molar-refractivity contribution in [3.8, 4) is 17.2 Å². The van der Waals surface area contributed by atoms with Gasteiger partial charge in [0.15, 0.2) is 0 Å². The summed E-state index contributed by atoms with van der Waals surface area (Å²) in [6.07, 6.45) is 8.70. The minimum Gasteiger partial charge on any atom is -0.494 e. The third-order valence-electron chi connectivity index (χ3n) is 4.93. The van der Waals surface area contributed by atoms with Crippen LogP contribution in [0.15, 0.2) is 61.2 Å². The lowest BCUT2D eigenvalue weighted by Crippen LogP contribution is -2.09. The van der Waals surface area contributed by atoms with Crippen LogP contribution in [0, 0.1) is 5.92 Å². The smallest absolute Gasteiger partial charge is 0.343 e. The van der Waals surface area contributed by atoms with Crippen molar-refractivity contribution in [2.45, 2.75) is 52.4 Å². The van der Waals surface area contributed by atoms with E-state index in [1.54, 1.807) is 36.4 Å². The molecule has 0 aliphatic rings. The van der Waals surface area contributed by atoms with Gasteiger partial charge in [0, 0.05) is 0 Å². The second-order valence-electron chi connectivity index (χ2n) is 7.55. The first-order valence-electron chi connectivity index (χ1n) is 10.9. The van der Waals surface area contributed by atoms with E-state index in [1.165, 1.54) is 12.8 Å². The average molecular weight is 411 g/mol. The zero-order valence-electron chi connectivity index (χ0n) is 18.3. The molecule has 0 N–H and O–H groups in total. The molecule has 0 radical (unpaired) electrons. The molecule has 0 saturated carbocycles. The summed E-state index contributed by atoms with van der Waals surface area (Å²) in [6.45, 7) is 9.38. The highest BCUT2D eigenvalue weighted by Crippen LogP contribution is 2.20. The van der Waals surface area contributed by atoms with Gasteiger partial charge < -0.3 is 14.2 Å². The SMILES string of the molecule is C=CCCCCCCOc1ccc(OC(=O)c2ccc(OCC(C)CC)cc2)cc1. The second-order valence-corrected chi connectivity index (χ2v) is 7.55. The molecule has 0 heterocycles. The van der Waals surface area contributed by atoms with Crippen LogP contribution < -0.4 is 14.2 Å². The summed E-state index contributed by atoms with van der Waals surface area (Å²) >= 11 is 0. The van der Waals surface area contributed by atoms with Crippen LogP contribution in [0.1, 0.15) is 62.7 Å². The summed E-state index contributed by atoms with van der Waals surface area (Å²) in [5, 5.41) is 0. The number of allylic oxidation sites excluding steroid dienone is 1. The summed E-state index contributed by atoms with van der Waals surface area (Å²) in [6, 6.07) is 14.2. The third-order valence-corrected chi connectivity index (χ3v) is 4.93. The van der Waals surface area contributed by atoms with Crippen molar-refractivity contribution >= 4 is 5.97 Å². The second kappa shape index (κ2) is 13.5. The van der Waals surface area contributed by atoms with E-state index in [1.807, 2.05) is 18.2 Å². The highest BCUT2D eigenvalue weighted by atomic mass is 16.5. The van der Waals surface area contributed by atoms with E-state index in [0.717, 1.165) is 37.2 Å². The van der Waals surface area contributed by atoms with Gasteiger partial charge in [0.25, 0.3) is 0 Å². The number of ether oxygens (including phenoxy) is 3. The molecular formula is C26H34O4. The lowest BCUT2D eigenvalue weighted by molar-refractivity contribution is 0.0734. The van der Waals surface area contributed by atoms with Crippen molar-refractivity contribution in [3.63, 3.8) is 0 Å². The van der Waals surface area contributed by atoms with Gasteiger partial charge in [-0.1, -0.05) is 39.2 Å². The van der Waals surface area contributed by atoms with Gasteiger partial charge in [-0.25, -0.2) is 4.79 Å². The van der Waals surface area contributed by atoms with Gasteiger partial charge in [0.2, 0.25) is 0 Å². The van der Waals surface area contributed by atoms with Crippen LogP contribution in [0.25, 0.3) is 0 Å². The maximum atomic E-state index is 12.3. The standard InChI is InChI=1S/C26H34O4/c1-4-6-7-8-9-10-19-28-23-15-17-25(18-16-23)30-26(27)22-11-13-24(14-12-22)29-20-21(3)5-2/h4,11-18,21H,1,5-10,19-20H2,2-3H3. The minimum absolute atomic E-state index is 0.392. The van der Waals surface area contributed by atoms with Crippen LogP contribution in [0.5, 0.6) is 17.2 Å². The molecule has 0 aliphatic carbocycles. The van der Waals surface area contributed by atoms with Crippen LogP contribution in [0.2, 0.25) is 0 Å². The number of carbonyl (C=O) groups excluding carboxylic acids is 1. The van der Waals surface area contributed by atoms with Crippen molar-refractivity contribution in [1.29, 1.82) is 0 Å². The first-order chi connectivity index (χ1) is 14.6. The summed E-state index contributed by atoms with van der Waals surface area (Å²) < 4.78 is 16.9. The number of benzene rings is 2. The molecule has 2 rings (SSSR count). The Balaban J connectivity index is 1.74. The topological polar surface area (TPSA) is 44.8 Å². The molecule has 2 aromatic carbocycles. The Morgan fingerprint density at radius 3 is 2.17 bits per heavy atom. The third kappa shape index (κ3) is 8.73. The molecule has 0 bridgehead atoms. The average Bonchev–Trinajstić information content (AvgIpc) is 2.78. The van der Waals surface area contributed by atoms with Gasteiger partial charge in [-0.15, -0.1) is 6.58 Å². The highest BCUT2D eigenvalue weighted by molar-refractivity contribution is 5.91. The molecule has 4 nitrogen and oxygen atoms in total. The Kier molecular flexibility index (Phi) is 10.6. The maximum absolute atomic E-state index is 12.3. The van der Waals surface area contributed by atoms with Crippen molar-refractivity contribution in [1.82, 2.24) is 0 Å². The van der Waals surface area contributed by atoms with E-state index in [0.29, 0.717) is 30.4 Å². The monoisotopic (exact) mass is 410 g/mol. The maximum Gasteiger partial charge on any atom is 0.343 e. The Labute approximate surface area is 180 Å². The molecule has 0 amide bonds. The Bertz CT molecular complexity index is 750. The number of hydrogen-bond acceptors (Lipinski definition) is 4. The van der Waals surface area contributed by atoms with E-state index >= 15 is 0 Å². The molecule has 30 heavy (non-hydrogen) atoms. The largest absolute Gasteiger partial charge is 0.494 e. The first-order valence-corrected chi connectivity index (χ1v) is 10.9. The number of rotatable bonds is 14. The minimum atomic E-state index is -0.392. The van der Waals surface area contributed by atoms with Crippen molar-refractivity contribution < 1.29 is 19.0 Å². The van der Waals surface area contributed by atoms with Gasteiger partial charge in [-0.2, -0.15) is 0 Å². The fourth-order valence-electron chi connectivity index (χ4n) is 2.75. The van der Waals surface area contributed by atoms with Crippen LogP contribution >= 0.6 is 0 Å². The number of esters is 1. The summed E-state index contributed by atoms with van der Waals surface area (Å²) in [5.74, 6) is 2.15. The molecule has 0 aromatic heterocycles. The van der Waals surface area contributed by atoms with Gasteiger partial charge in [0.1, 0.15) is 17.2 Å². The molecular weight excluding hydrogens is 376 g/mol. The highest BCUT2D eigenvalue weighted by Gasteiger charge is 2.09.